The summed E-state index contributed by atoms with van der Waals surface area (Å²) in [5, 5.41) is 9.34. The highest BCUT2D eigenvalue weighted by atomic mass is 16.5. The van der Waals surface area contributed by atoms with Gasteiger partial charge in [-0.05, 0) is 30.2 Å². The van der Waals surface area contributed by atoms with Gasteiger partial charge in [-0.15, -0.1) is 0 Å². The minimum atomic E-state index is -0.516. The standard InChI is InChI=1S/C19H15NO3/c1-13-7-3-5-9-16(13)18(21)15(12-20)11-14-8-4-6-10-17(14)19(22)23-2/h3-11H,1-2H3/b15-11+. The summed E-state index contributed by atoms with van der Waals surface area (Å²) in [5.41, 5.74) is 2.00. The van der Waals surface area contributed by atoms with Crippen molar-refractivity contribution >= 4 is 17.8 Å². The van der Waals surface area contributed by atoms with E-state index in [1.165, 1.54) is 13.2 Å². The normalized spacial score (nSPS) is 10.7. The van der Waals surface area contributed by atoms with Gasteiger partial charge in [-0.3, -0.25) is 4.79 Å². The minimum Gasteiger partial charge on any atom is -0.465 e. The van der Waals surface area contributed by atoms with E-state index in [1.807, 2.05) is 25.1 Å². The molecule has 2 aromatic rings. The van der Waals surface area contributed by atoms with Crippen LogP contribution < -0.4 is 0 Å². The lowest BCUT2D eigenvalue weighted by Gasteiger charge is -2.06. The second-order valence-electron chi connectivity index (χ2n) is 4.89. The molecule has 0 amide bonds. The Bertz CT molecular complexity index is 829. The number of nitriles is 1. The molecule has 0 spiro atoms. The fraction of sp³-hybridized carbons (Fsp3) is 0.105. The molecule has 2 rings (SSSR count). The van der Waals surface area contributed by atoms with Crippen LogP contribution in [-0.4, -0.2) is 18.9 Å². The highest BCUT2D eigenvalue weighted by Crippen LogP contribution is 2.18. The Morgan fingerprint density at radius 2 is 1.65 bits per heavy atom. The molecule has 2 aromatic carbocycles. The second-order valence-corrected chi connectivity index (χ2v) is 4.89. The molecule has 0 N–H and O–H groups in total. The van der Waals surface area contributed by atoms with E-state index >= 15 is 0 Å². The number of allylic oxidation sites excluding steroid dienone is 1. The van der Waals surface area contributed by atoms with Crippen molar-refractivity contribution in [3.63, 3.8) is 0 Å². The number of Topliss-reactive ketones (excluding diaryl/α,β-unsaturated/α-hetero) is 1. The number of ketones is 1. The minimum absolute atomic E-state index is 0.0318. The molecule has 4 heteroatoms. The van der Waals surface area contributed by atoms with Gasteiger partial charge in [0.05, 0.1) is 12.7 Å². The number of hydrogen-bond donors (Lipinski definition) is 0. The summed E-state index contributed by atoms with van der Waals surface area (Å²) in [5.74, 6) is -0.886. The first-order chi connectivity index (χ1) is 11.1. The lowest BCUT2D eigenvalue weighted by molar-refractivity contribution is 0.0600. The first kappa shape index (κ1) is 16.2. The van der Waals surface area contributed by atoms with Gasteiger partial charge in [0.2, 0.25) is 5.78 Å². The number of carbonyl (C=O) groups excluding carboxylic acids is 2. The van der Waals surface area contributed by atoms with Crippen LogP contribution in [0.25, 0.3) is 6.08 Å². The van der Waals surface area contributed by atoms with E-state index in [9.17, 15) is 14.9 Å². The topological polar surface area (TPSA) is 67.2 Å². The van der Waals surface area contributed by atoms with E-state index in [1.54, 1.807) is 36.4 Å². The lowest BCUT2D eigenvalue weighted by atomic mass is 9.97. The number of aryl methyl sites for hydroxylation is 1. The summed E-state index contributed by atoms with van der Waals surface area (Å²) < 4.78 is 4.72. The molecule has 114 valence electrons. The van der Waals surface area contributed by atoms with Crippen LogP contribution in [-0.2, 0) is 4.74 Å². The van der Waals surface area contributed by atoms with Crippen LogP contribution in [0.1, 0.15) is 31.8 Å². The van der Waals surface area contributed by atoms with Crippen molar-refractivity contribution in [3.8, 4) is 6.07 Å². The molecule has 0 fully saturated rings. The zero-order chi connectivity index (χ0) is 16.8. The summed E-state index contributed by atoms with van der Waals surface area (Å²) >= 11 is 0. The van der Waals surface area contributed by atoms with E-state index in [4.69, 9.17) is 4.74 Å². The van der Waals surface area contributed by atoms with E-state index in [0.717, 1.165) is 5.56 Å². The number of hydrogen-bond acceptors (Lipinski definition) is 4. The zero-order valence-corrected chi connectivity index (χ0v) is 12.9. The third kappa shape index (κ3) is 3.53. The Balaban J connectivity index is 2.49. The highest BCUT2D eigenvalue weighted by Gasteiger charge is 2.16. The quantitative estimate of drug-likeness (QED) is 0.375. The predicted octanol–water partition coefficient (Wildman–Crippen LogP) is 3.57. The van der Waals surface area contributed by atoms with E-state index < -0.39 is 5.97 Å². The van der Waals surface area contributed by atoms with E-state index in [-0.39, 0.29) is 11.4 Å². The van der Waals surface area contributed by atoms with Gasteiger partial charge < -0.3 is 4.74 Å². The van der Waals surface area contributed by atoms with Crippen LogP contribution >= 0.6 is 0 Å². The van der Waals surface area contributed by atoms with Crippen molar-refractivity contribution in [2.75, 3.05) is 7.11 Å². The Morgan fingerprint density at radius 3 is 2.26 bits per heavy atom. The Hall–Kier alpha value is -3.19. The average Bonchev–Trinajstić information content (AvgIpc) is 2.59. The molecular formula is C19H15NO3. The second kappa shape index (κ2) is 7.19. The van der Waals surface area contributed by atoms with Crippen LogP contribution in [0.15, 0.2) is 54.1 Å². The van der Waals surface area contributed by atoms with Gasteiger partial charge in [0.1, 0.15) is 11.6 Å². The van der Waals surface area contributed by atoms with Crippen molar-refractivity contribution < 1.29 is 14.3 Å². The summed E-state index contributed by atoms with van der Waals surface area (Å²) in [4.78, 5) is 24.3. The fourth-order valence-corrected chi connectivity index (χ4v) is 2.20. The maximum absolute atomic E-state index is 12.5. The molecule has 0 saturated carbocycles. The van der Waals surface area contributed by atoms with Gasteiger partial charge in [0, 0.05) is 5.56 Å². The molecule has 0 radical (unpaired) electrons. The number of nitrogens with zero attached hydrogens (tertiary/aromatic N) is 1. The van der Waals surface area contributed by atoms with Crippen LogP contribution in [0, 0.1) is 18.3 Å². The van der Waals surface area contributed by atoms with Gasteiger partial charge in [-0.25, -0.2) is 4.79 Å². The molecule has 0 aromatic heterocycles. The third-order valence-corrected chi connectivity index (χ3v) is 3.42. The molecule has 0 heterocycles. The third-order valence-electron chi connectivity index (χ3n) is 3.42. The molecule has 0 bridgehead atoms. The molecular weight excluding hydrogens is 290 g/mol. The Kier molecular flexibility index (Phi) is 5.06. The van der Waals surface area contributed by atoms with Gasteiger partial charge in [-0.2, -0.15) is 5.26 Å². The van der Waals surface area contributed by atoms with Gasteiger partial charge >= 0.3 is 5.97 Å². The van der Waals surface area contributed by atoms with Crippen molar-refractivity contribution in [1.82, 2.24) is 0 Å². The molecule has 0 atom stereocenters. The van der Waals surface area contributed by atoms with Crippen LogP contribution in [0.2, 0.25) is 0 Å². The number of rotatable bonds is 4. The zero-order valence-electron chi connectivity index (χ0n) is 12.9. The average molecular weight is 305 g/mol. The van der Waals surface area contributed by atoms with Crippen LogP contribution in [0.4, 0.5) is 0 Å². The molecule has 0 aliphatic carbocycles. The first-order valence-corrected chi connectivity index (χ1v) is 6.98. The van der Waals surface area contributed by atoms with E-state index in [2.05, 4.69) is 0 Å². The number of esters is 1. The maximum Gasteiger partial charge on any atom is 0.338 e. The molecule has 4 nitrogen and oxygen atoms in total. The molecule has 0 unspecified atom stereocenters. The summed E-state index contributed by atoms with van der Waals surface area (Å²) in [6.45, 7) is 1.81. The molecule has 0 aliphatic rings. The first-order valence-electron chi connectivity index (χ1n) is 6.98. The predicted molar refractivity (Wildman–Crippen MR) is 86.9 cm³/mol. The van der Waals surface area contributed by atoms with Gasteiger partial charge in [0.15, 0.2) is 0 Å². The number of methoxy groups -OCH3 is 1. The number of ether oxygens (including phenoxy) is 1. The SMILES string of the molecule is COC(=O)c1ccccc1/C=C(\C#N)C(=O)c1ccccc1C. The van der Waals surface area contributed by atoms with Crippen LogP contribution in [0.5, 0.6) is 0 Å². The molecule has 0 saturated heterocycles. The summed E-state index contributed by atoms with van der Waals surface area (Å²) in [7, 11) is 1.28. The van der Waals surface area contributed by atoms with Crippen molar-refractivity contribution in [3.05, 3.63) is 76.4 Å². The highest BCUT2D eigenvalue weighted by molar-refractivity contribution is 6.15. The fourth-order valence-electron chi connectivity index (χ4n) is 2.20. The number of carbonyl (C=O) groups is 2. The van der Waals surface area contributed by atoms with Crippen molar-refractivity contribution in [2.45, 2.75) is 6.92 Å². The molecule has 0 aliphatic heterocycles. The Morgan fingerprint density at radius 1 is 1.04 bits per heavy atom. The summed E-state index contributed by atoms with van der Waals surface area (Å²) in [6.07, 6.45) is 1.42. The largest absolute Gasteiger partial charge is 0.465 e. The smallest absolute Gasteiger partial charge is 0.338 e. The number of benzene rings is 2. The van der Waals surface area contributed by atoms with E-state index in [0.29, 0.717) is 16.7 Å². The monoisotopic (exact) mass is 305 g/mol. The Labute approximate surface area is 134 Å². The van der Waals surface area contributed by atoms with Gasteiger partial charge in [0.25, 0.3) is 0 Å². The summed E-state index contributed by atoms with van der Waals surface area (Å²) in [6, 6.07) is 15.7. The van der Waals surface area contributed by atoms with Crippen molar-refractivity contribution in [2.24, 2.45) is 0 Å². The van der Waals surface area contributed by atoms with Gasteiger partial charge in [-0.1, -0.05) is 42.5 Å². The van der Waals surface area contributed by atoms with Crippen LogP contribution in [0.3, 0.4) is 0 Å². The maximum atomic E-state index is 12.5. The molecule has 23 heavy (non-hydrogen) atoms. The lowest BCUT2D eigenvalue weighted by Crippen LogP contribution is -2.06. The van der Waals surface area contributed by atoms with Crippen molar-refractivity contribution in [1.29, 1.82) is 5.26 Å².